The van der Waals surface area contributed by atoms with Crippen LogP contribution in [0, 0.1) is 12.8 Å². The summed E-state index contributed by atoms with van der Waals surface area (Å²) in [7, 11) is 0. The molecule has 0 bridgehead atoms. The van der Waals surface area contributed by atoms with Gasteiger partial charge in [0.05, 0.1) is 24.0 Å². The van der Waals surface area contributed by atoms with E-state index in [-0.39, 0.29) is 11.8 Å². The lowest BCUT2D eigenvalue weighted by molar-refractivity contribution is -0.126. The number of anilines is 2. The molecule has 0 unspecified atom stereocenters. The zero-order valence-corrected chi connectivity index (χ0v) is 22.2. The van der Waals surface area contributed by atoms with Crippen molar-refractivity contribution in [2.24, 2.45) is 5.92 Å². The van der Waals surface area contributed by atoms with Gasteiger partial charge in [-0.3, -0.25) is 14.4 Å². The van der Waals surface area contributed by atoms with Gasteiger partial charge in [-0.05, 0) is 55.3 Å². The zero-order chi connectivity index (χ0) is 26.5. The first-order valence-electron chi connectivity index (χ1n) is 13.8. The van der Waals surface area contributed by atoms with Crippen LogP contribution in [0.3, 0.4) is 0 Å². The number of ether oxygens (including phenoxy) is 1. The first-order chi connectivity index (χ1) is 18.6. The molecule has 3 aromatic rings. The smallest absolute Gasteiger partial charge is 0.266 e. The second-order valence-corrected chi connectivity index (χ2v) is 10.2. The quantitative estimate of drug-likeness (QED) is 0.209. The van der Waals surface area contributed by atoms with E-state index < -0.39 is 18.1 Å². The van der Waals surface area contributed by atoms with Gasteiger partial charge in [-0.1, -0.05) is 87.1 Å². The van der Waals surface area contributed by atoms with E-state index in [9.17, 15) is 9.59 Å². The number of hydrogen-bond donors (Lipinski definition) is 0. The second-order valence-electron chi connectivity index (χ2n) is 10.2. The molecule has 0 radical (unpaired) electrons. The molecule has 3 aromatic carbocycles. The van der Waals surface area contributed by atoms with E-state index in [1.165, 1.54) is 37.0 Å². The molecule has 38 heavy (non-hydrogen) atoms. The lowest BCUT2D eigenvalue weighted by Gasteiger charge is -2.29. The van der Waals surface area contributed by atoms with Gasteiger partial charge < -0.3 is 4.74 Å². The van der Waals surface area contributed by atoms with Crippen LogP contribution in [-0.4, -0.2) is 24.5 Å². The highest BCUT2D eigenvalue weighted by Gasteiger charge is 2.60. The number of hydrogen-bond acceptors (Lipinski definition) is 5. The highest BCUT2D eigenvalue weighted by atomic mass is 16.7. The van der Waals surface area contributed by atoms with Crippen LogP contribution in [0.5, 0.6) is 5.75 Å². The molecule has 0 N–H and O–H groups in total. The van der Waals surface area contributed by atoms with Crippen LogP contribution in [0.1, 0.15) is 62.6 Å². The number of hydroxylamine groups is 1. The summed E-state index contributed by atoms with van der Waals surface area (Å²) in [5, 5.41) is 1.73. The highest BCUT2D eigenvalue weighted by molar-refractivity contribution is 6.23. The Morgan fingerprint density at radius 2 is 1.45 bits per heavy atom. The lowest BCUT2D eigenvalue weighted by atomic mass is 9.90. The van der Waals surface area contributed by atoms with E-state index in [2.05, 4.69) is 6.92 Å². The predicted molar refractivity (Wildman–Crippen MR) is 149 cm³/mol. The zero-order valence-electron chi connectivity index (χ0n) is 22.2. The minimum atomic E-state index is -0.877. The fourth-order valence-electron chi connectivity index (χ4n) is 5.33. The molecular weight excluding hydrogens is 476 g/mol. The Balaban J connectivity index is 1.35. The van der Waals surface area contributed by atoms with E-state index in [0.717, 1.165) is 29.0 Å². The van der Waals surface area contributed by atoms with Gasteiger partial charge in [0.15, 0.2) is 6.10 Å². The molecule has 2 fully saturated rings. The Morgan fingerprint density at radius 3 is 2.16 bits per heavy atom. The van der Waals surface area contributed by atoms with Gasteiger partial charge in [0, 0.05) is 0 Å². The van der Waals surface area contributed by atoms with Crippen molar-refractivity contribution >= 4 is 23.2 Å². The first kappa shape index (κ1) is 26.0. The summed E-state index contributed by atoms with van der Waals surface area (Å²) in [5.41, 5.74) is 3.35. The van der Waals surface area contributed by atoms with Crippen molar-refractivity contribution in [1.82, 2.24) is 0 Å². The number of para-hydroxylation sites is 1. The van der Waals surface area contributed by atoms with Crippen molar-refractivity contribution in [3.05, 3.63) is 90.0 Å². The molecule has 6 nitrogen and oxygen atoms in total. The molecule has 0 saturated carbocycles. The number of amides is 2. The van der Waals surface area contributed by atoms with Gasteiger partial charge in [-0.25, -0.2) is 9.96 Å². The van der Waals surface area contributed by atoms with Crippen molar-refractivity contribution < 1.29 is 19.2 Å². The van der Waals surface area contributed by atoms with Crippen molar-refractivity contribution in [2.75, 3.05) is 16.6 Å². The maximum atomic E-state index is 13.8. The summed E-state index contributed by atoms with van der Waals surface area (Å²) in [6.07, 6.45) is 6.43. The van der Waals surface area contributed by atoms with E-state index in [0.29, 0.717) is 12.3 Å². The molecule has 0 spiro atoms. The van der Waals surface area contributed by atoms with Crippen LogP contribution >= 0.6 is 0 Å². The topological polar surface area (TPSA) is 59.1 Å². The number of carbonyl (C=O) groups excluding carboxylic acids is 2. The highest BCUT2D eigenvalue weighted by Crippen LogP contribution is 2.47. The molecule has 2 amide bonds. The van der Waals surface area contributed by atoms with Gasteiger partial charge in [0.25, 0.3) is 5.91 Å². The molecule has 198 valence electrons. The summed E-state index contributed by atoms with van der Waals surface area (Å²) < 4.78 is 5.98. The summed E-state index contributed by atoms with van der Waals surface area (Å²) >= 11 is 0. The minimum Gasteiger partial charge on any atom is -0.494 e. The summed E-state index contributed by atoms with van der Waals surface area (Å²) in [6, 6.07) is 24.5. The Bertz CT molecular complexity index is 1230. The summed E-state index contributed by atoms with van der Waals surface area (Å²) in [4.78, 5) is 34.7. The largest absolute Gasteiger partial charge is 0.494 e. The van der Waals surface area contributed by atoms with Gasteiger partial charge in [-0.15, -0.1) is 0 Å². The Kier molecular flexibility index (Phi) is 8.08. The van der Waals surface area contributed by atoms with Crippen LogP contribution in [0.2, 0.25) is 0 Å². The maximum absolute atomic E-state index is 13.8. The van der Waals surface area contributed by atoms with Crippen molar-refractivity contribution in [3.8, 4) is 5.75 Å². The lowest BCUT2D eigenvalue weighted by Crippen LogP contribution is -2.37. The third-order valence-corrected chi connectivity index (χ3v) is 7.41. The Labute approximate surface area is 225 Å². The number of rotatable bonds is 11. The van der Waals surface area contributed by atoms with Crippen molar-refractivity contribution in [1.29, 1.82) is 0 Å². The van der Waals surface area contributed by atoms with Crippen LogP contribution < -0.4 is 14.7 Å². The predicted octanol–water partition coefficient (Wildman–Crippen LogP) is 6.79. The number of carbonyl (C=O) groups is 2. The molecule has 2 saturated heterocycles. The van der Waals surface area contributed by atoms with Crippen molar-refractivity contribution in [2.45, 2.75) is 64.5 Å². The van der Waals surface area contributed by atoms with Gasteiger partial charge in [0.2, 0.25) is 5.91 Å². The molecule has 3 atom stereocenters. The number of aryl methyl sites for hydroxylation is 1. The molecule has 6 heteroatoms. The van der Waals surface area contributed by atoms with Gasteiger partial charge in [-0.2, -0.15) is 0 Å². The monoisotopic (exact) mass is 512 g/mol. The number of imide groups is 1. The third-order valence-electron chi connectivity index (χ3n) is 7.41. The average molecular weight is 513 g/mol. The fourth-order valence-corrected chi connectivity index (χ4v) is 5.33. The number of benzene rings is 3. The van der Waals surface area contributed by atoms with E-state index in [1.54, 1.807) is 5.06 Å². The Morgan fingerprint density at radius 1 is 0.763 bits per heavy atom. The van der Waals surface area contributed by atoms with Gasteiger partial charge in [0.1, 0.15) is 11.7 Å². The molecule has 0 aliphatic carbocycles. The molecule has 0 aromatic heterocycles. The van der Waals surface area contributed by atoms with Gasteiger partial charge >= 0.3 is 0 Å². The maximum Gasteiger partial charge on any atom is 0.266 e. The van der Waals surface area contributed by atoms with Crippen LogP contribution in [-0.2, 0) is 14.4 Å². The molecular formula is C32H36N2O4. The number of fused-ring (bicyclic) bond motifs is 1. The van der Waals surface area contributed by atoms with E-state index >= 15 is 0 Å². The summed E-state index contributed by atoms with van der Waals surface area (Å²) in [6.45, 7) is 4.89. The SMILES string of the molecule is CCCCCCCCOc1ccc([C@@H]2[C@H]3C(=O)N(c4ccc(C)cc4)C(=O)[C@@H]3ON2c2ccccc2)cc1. The Hall–Kier alpha value is -3.64. The van der Waals surface area contributed by atoms with Crippen LogP contribution in [0.4, 0.5) is 11.4 Å². The standard InChI is InChI=1S/C32H36N2O4/c1-3-4-5-6-7-11-22-37-27-20-16-24(17-21-27)29-28-30(38-34(29)26-12-9-8-10-13-26)32(36)33(31(28)35)25-18-14-23(2)15-19-25/h8-10,12-21,28-30H,3-7,11,22H2,1-2H3/t28-,29-,30-/m1/s1. The minimum absolute atomic E-state index is 0.240. The van der Waals surface area contributed by atoms with E-state index in [4.69, 9.17) is 9.57 Å². The van der Waals surface area contributed by atoms with E-state index in [1.807, 2.05) is 85.8 Å². The molecule has 2 aliphatic heterocycles. The molecule has 5 rings (SSSR count). The number of nitrogens with zero attached hydrogens (tertiary/aromatic N) is 2. The number of unbranched alkanes of at least 4 members (excludes halogenated alkanes) is 5. The average Bonchev–Trinajstić information content (AvgIpc) is 3.45. The molecule has 2 heterocycles. The fraction of sp³-hybridized carbons (Fsp3) is 0.375. The van der Waals surface area contributed by atoms with Crippen molar-refractivity contribution in [3.63, 3.8) is 0 Å². The third kappa shape index (κ3) is 5.32. The molecule has 2 aliphatic rings. The first-order valence-corrected chi connectivity index (χ1v) is 13.8. The second kappa shape index (κ2) is 11.8. The normalized spacial score (nSPS) is 20.7. The van der Waals surface area contributed by atoms with Crippen LogP contribution in [0.25, 0.3) is 0 Å². The summed E-state index contributed by atoms with van der Waals surface area (Å²) in [5.74, 6) is -0.417. The van der Waals surface area contributed by atoms with Crippen LogP contribution in [0.15, 0.2) is 78.9 Å².